The number of carbonyl (C=O) groups is 1. The van der Waals surface area contributed by atoms with E-state index in [0.717, 1.165) is 43.1 Å². The summed E-state index contributed by atoms with van der Waals surface area (Å²) < 4.78 is 0. The normalized spacial score (nSPS) is 16.5. The molecule has 19 heavy (non-hydrogen) atoms. The van der Waals surface area contributed by atoms with E-state index in [9.17, 15) is 4.79 Å². The molecule has 0 saturated carbocycles. The first-order valence-electron chi connectivity index (χ1n) is 6.68. The molecule has 104 valence electrons. The molecule has 6 heteroatoms. The summed E-state index contributed by atoms with van der Waals surface area (Å²) in [5.74, 6) is 1.87. The Morgan fingerprint density at radius 1 is 1.37 bits per heavy atom. The topological polar surface area (TPSA) is 61.4 Å². The Balaban J connectivity index is 2.32. The Bertz CT molecular complexity index is 462. The summed E-state index contributed by atoms with van der Waals surface area (Å²) in [5, 5.41) is 3.09. The molecule has 1 aliphatic heterocycles. The van der Waals surface area contributed by atoms with Gasteiger partial charge in [-0.25, -0.2) is 9.97 Å². The fourth-order valence-electron chi connectivity index (χ4n) is 2.38. The highest BCUT2D eigenvalue weighted by molar-refractivity contribution is 5.82. The van der Waals surface area contributed by atoms with Crippen LogP contribution in [0.3, 0.4) is 0 Å². The molecule has 0 spiro atoms. The number of hydrogen-bond donors (Lipinski definition) is 1. The zero-order chi connectivity index (χ0) is 13.8. The number of aromatic nitrogens is 2. The van der Waals surface area contributed by atoms with Gasteiger partial charge in [-0.15, -0.1) is 0 Å². The van der Waals surface area contributed by atoms with Crippen molar-refractivity contribution in [1.29, 1.82) is 0 Å². The van der Waals surface area contributed by atoms with E-state index in [1.54, 1.807) is 11.2 Å². The van der Waals surface area contributed by atoms with Crippen LogP contribution in [0, 0.1) is 0 Å². The highest BCUT2D eigenvalue weighted by Crippen LogP contribution is 2.24. The fourth-order valence-corrected chi connectivity index (χ4v) is 2.38. The molecule has 0 radical (unpaired) electrons. The lowest BCUT2D eigenvalue weighted by molar-refractivity contribution is -0.127. The van der Waals surface area contributed by atoms with Crippen LogP contribution in [0.5, 0.6) is 0 Å². The van der Waals surface area contributed by atoms with Gasteiger partial charge in [0.15, 0.2) is 0 Å². The average molecular weight is 263 g/mol. The van der Waals surface area contributed by atoms with E-state index in [1.165, 1.54) is 0 Å². The second-order valence-corrected chi connectivity index (χ2v) is 4.72. The number of rotatable bonds is 3. The molecular formula is C13H21N5O. The van der Waals surface area contributed by atoms with E-state index in [2.05, 4.69) is 27.1 Å². The van der Waals surface area contributed by atoms with E-state index in [1.807, 2.05) is 14.1 Å². The molecule has 0 bridgehead atoms. The lowest BCUT2D eigenvalue weighted by Crippen LogP contribution is -2.35. The zero-order valence-electron chi connectivity index (χ0n) is 11.8. The predicted octanol–water partition coefficient (Wildman–Crippen LogP) is 0.749. The number of nitrogens with zero attached hydrogens (tertiary/aromatic N) is 4. The largest absolute Gasteiger partial charge is 0.373 e. The van der Waals surface area contributed by atoms with Crippen LogP contribution in [0.4, 0.5) is 11.6 Å². The number of nitrogens with one attached hydrogen (secondary N) is 1. The van der Waals surface area contributed by atoms with E-state index in [0.29, 0.717) is 6.54 Å². The molecular weight excluding hydrogens is 242 g/mol. The summed E-state index contributed by atoms with van der Waals surface area (Å²) in [6.45, 7) is 4.13. The zero-order valence-corrected chi connectivity index (χ0v) is 11.8. The third kappa shape index (κ3) is 2.77. The maximum atomic E-state index is 12.0. The quantitative estimate of drug-likeness (QED) is 0.872. The van der Waals surface area contributed by atoms with Gasteiger partial charge in [-0.1, -0.05) is 6.92 Å². The van der Waals surface area contributed by atoms with Crippen molar-refractivity contribution in [3.63, 3.8) is 0 Å². The second kappa shape index (κ2) is 5.86. The summed E-state index contributed by atoms with van der Waals surface area (Å²) in [4.78, 5) is 24.4. The number of amides is 1. The molecule has 1 fully saturated rings. The molecule has 0 aliphatic carbocycles. The van der Waals surface area contributed by atoms with E-state index >= 15 is 0 Å². The molecule has 0 aromatic carbocycles. The van der Waals surface area contributed by atoms with E-state index < -0.39 is 0 Å². The second-order valence-electron chi connectivity index (χ2n) is 4.72. The maximum Gasteiger partial charge on any atom is 0.241 e. The van der Waals surface area contributed by atoms with Crippen LogP contribution in [-0.4, -0.2) is 54.5 Å². The summed E-state index contributed by atoms with van der Waals surface area (Å²) in [5.41, 5.74) is 1.07. The van der Waals surface area contributed by atoms with Crippen molar-refractivity contribution in [3.8, 4) is 0 Å². The maximum absolute atomic E-state index is 12.0. The monoisotopic (exact) mass is 263 g/mol. The van der Waals surface area contributed by atoms with Gasteiger partial charge in [0.25, 0.3) is 0 Å². The number of carbonyl (C=O) groups excluding carboxylic acids is 1. The van der Waals surface area contributed by atoms with Crippen molar-refractivity contribution in [3.05, 3.63) is 11.9 Å². The van der Waals surface area contributed by atoms with Crippen molar-refractivity contribution in [2.24, 2.45) is 0 Å². The highest BCUT2D eigenvalue weighted by Gasteiger charge is 2.22. The lowest BCUT2D eigenvalue weighted by atomic mass is 10.2. The van der Waals surface area contributed by atoms with Crippen LogP contribution in [0.2, 0.25) is 0 Å². The Morgan fingerprint density at radius 3 is 2.84 bits per heavy atom. The van der Waals surface area contributed by atoms with Gasteiger partial charge in [0, 0.05) is 32.7 Å². The van der Waals surface area contributed by atoms with Gasteiger partial charge in [0.05, 0.1) is 6.54 Å². The smallest absolute Gasteiger partial charge is 0.241 e. The lowest BCUT2D eigenvalue weighted by Gasteiger charge is -2.23. The van der Waals surface area contributed by atoms with Gasteiger partial charge in [0.2, 0.25) is 5.91 Å². The van der Waals surface area contributed by atoms with E-state index in [4.69, 9.17) is 0 Å². The molecule has 1 aliphatic rings. The fraction of sp³-hybridized carbons (Fsp3) is 0.615. The van der Waals surface area contributed by atoms with Gasteiger partial charge in [0.1, 0.15) is 18.0 Å². The van der Waals surface area contributed by atoms with Crippen LogP contribution >= 0.6 is 0 Å². The Hall–Kier alpha value is -1.85. The Morgan fingerprint density at radius 2 is 2.16 bits per heavy atom. The van der Waals surface area contributed by atoms with Crippen LogP contribution in [-0.2, 0) is 11.2 Å². The van der Waals surface area contributed by atoms with Crippen molar-refractivity contribution in [2.75, 3.05) is 43.9 Å². The Kier molecular flexibility index (Phi) is 4.19. The number of hydrogen-bond acceptors (Lipinski definition) is 5. The van der Waals surface area contributed by atoms with Crippen molar-refractivity contribution in [1.82, 2.24) is 14.9 Å². The van der Waals surface area contributed by atoms with Gasteiger partial charge < -0.3 is 15.1 Å². The van der Waals surface area contributed by atoms with Crippen LogP contribution in [0.25, 0.3) is 0 Å². The molecule has 0 unspecified atom stereocenters. The van der Waals surface area contributed by atoms with Crippen molar-refractivity contribution >= 4 is 17.5 Å². The van der Waals surface area contributed by atoms with Crippen LogP contribution < -0.4 is 10.2 Å². The van der Waals surface area contributed by atoms with Crippen LogP contribution in [0.15, 0.2) is 6.33 Å². The highest BCUT2D eigenvalue weighted by atomic mass is 16.2. The van der Waals surface area contributed by atoms with Crippen LogP contribution in [0.1, 0.15) is 18.9 Å². The first-order chi connectivity index (χ1) is 9.17. The SMILES string of the molecule is CCc1c(NC)ncnc1N1CCCN(C)C(=O)C1. The molecule has 6 nitrogen and oxygen atoms in total. The molecule has 1 aromatic heterocycles. The van der Waals surface area contributed by atoms with Crippen molar-refractivity contribution in [2.45, 2.75) is 19.8 Å². The molecule has 1 amide bonds. The first-order valence-corrected chi connectivity index (χ1v) is 6.68. The molecule has 1 saturated heterocycles. The average Bonchev–Trinajstić information content (AvgIpc) is 2.60. The molecule has 1 aromatic rings. The number of likely N-dealkylation sites (N-methyl/N-ethyl adjacent to an activating group) is 1. The third-order valence-corrected chi connectivity index (χ3v) is 3.49. The first kappa shape index (κ1) is 13.6. The predicted molar refractivity (Wildman–Crippen MR) is 75.4 cm³/mol. The minimum absolute atomic E-state index is 0.143. The standard InChI is InChI=1S/C13H21N5O/c1-4-10-12(14-2)15-9-16-13(10)18-7-5-6-17(3)11(19)8-18/h9H,4-8H2,1-3H3,(H,14,15,16). The van der Waals surface area contributed by atoms with Gasteiger partial charge >= 0.3 is 0 Å². The summed E-state index contributed by atoms with van der Waals surface area (Å²) in [7, 11) is 3.71. The van der Waals surface area contributed by atoms with Gasteiger partial charge in [-0.2, -0.15) is 0 Å². The minimum Gasteiger partial charge on any atom is -0.373 e. The minimum atomic E-state index is 0.143. The van der Waals surface area contributed by atoms with Gasteiger partial charge in [-0.05, 0) is 12.8 Å². The number of anilines is 2. The molecule has 2 heterocycles. The summed E-state index contributed by atoms with van der Waals surface area (Å²) in [6, 6.07) is 0. The van der Waals surface area contributed by atoms with E-state index in [-0.39, 0.29) is 5.91 Å². The summed E-state index contributed by atoms with van der Waals surface area (Å²) >= 11 is 0. The molecule has 0 atom stereocenters. The molecule has 2 rings (SSSR count). The van der Waals surface area contributed by atoms with Crippen molar-refractivity contribution < 1.29 is 4.79 Å². The van der Waals surface area contributed by atoms with Gasteiger partial charge in [-0.3, -0.25) is 4.79 Å². The molecule has 1 N–H and O–H groups in total. The Labute approximate surface area is 113 Å². The summed E-state index contributed by atoms with van der Waals surface area (Å²) in [6.07, 6.45) is 3.36. The third-order valence-electron chi connectivity index (χ3n) is 3.49.